The van der Waals surface area contributed by atoms with Gasteiger partial charge in [-0.05, 0) is 110 Å². The van der Waals surface area contributed by atoms with Crippen LogP contribution in [0.25, 0.3) is 46.8 Å². The maximum Gasteiger partial charge on any atom is 0.133 e. The molecule has 0 atom stereocenters. The molecular weight excluding hydrogens is 728 g/mol. The van der Waals surface area contributed by atoms with Crippen molar-refractivity contribution < 1.29 is 9.47 Å². The molecule has 0 N–H and O–H groups in total. The molecule has 0 amide bonds. The molecule has 2 aromatic heterocycles. The van der Waals surface area contributed by atoms with E-state index in [-0.39, 0.29) is 0 Å². The Bertz CT molecular complexity index is 1810. The topological polar surface area (TPSA) is 54.1 Å². The van der Waals surface area contributed by atoms with E-state index in [2.05, 4.69) is 116 Å². The minimum Gasteiger partial charge on any atom is -0.497 e. The van der Waals surface area contributed by atoms with Crippen molar-refractivity contribution in [3.63, 3.8) is 0 Å². The fourth-order valence-corrected chi connectivity index (χ4v) is 5.45. The smallest absolute Gasteiger partial charge is 0.133 e. The molecule has 4 aromatic carbocycles. The molecular formula is C40H38Br2N4O2. The van der Waals surface area contributed by atoms with Crippen molar-refractivity contribution in [2.45, 2.75) is 26.9 Å². The van der Waals surface area contributed by atoms with Gasteiger partial charge in [-0.15, -0.1) is 0 Å². The summed E-state index contributed by atoms with van der Waals surface area (Å²) in [5.41, 5.74) is 6.40. The zero-order chi connectivity index (χ0) is 33.9. The standard InChI is InChI=1S/2C20H19BrN2O/c2*1-3-23-14-19(16-7-11-18(24-2)12-8-16)22-20(23)13-6-15-4-9-17(21)10-5-15/h2*4-14H,3H2,1-2H3. The number of halogens is 2. The van der Waals surface area contributed by atoms with Crippen LogP contribution in [0.5, 0.6) is 11.5 Å². The van der Waals surface area contributed by atoms with Crippen molar-refractivity contribution in [2.24, 2.45) is 0 Å². The number of benzene rings is 4. The van der Waals surface area contributed by atoms with Crippen LogP contribution in [0, 0.1) is 0 Å². The summed E-state index contributed by atoms with van der Waals surface area (Å²) in [6.45, 7) is 6.00. The minimum absolute atomic E-state index is 0.851. The number of rotatable bonds is 10. The monoisotopic (exact) mass is 764 g/mol. The third-order valence-corrected chi connectivity index (χ3v) is 8.71. The quantitative estimate of drug-likeness (QED) is 0.139. The zero-order valence-corrected chi connectivity index (χ0v) is 30.6. The van der Waals surface area contributed by atoms with Crippen LogP contribution in [-0.4, -0.2) is 33.3 Å². The Morgan fingerprint density at radius 1 is 0.521 bits per heavy atom. The zero-order valence-electron chi connectivity index (χ0n) is 27.5. The Balaban J connectivity index is 0.000000188. The molecule has 8 heteroatoms. The second-order valence-electron chi connectivity index (χ2n) is 10.8. The van der Waals surface area contributed by atoms with Crippen molar-refractivity contribution in [1.29, 1.82) is 0 Å². The Hall–Kier alpha value is -4.66. The van der Waals surface area contributed by atoms with E-state index in [1.54, 1.807) is 14.2 Å². The third-order valence-electron chi connectivity index (χ3n) is 7.66. The van der Waals surface area contributed by atoms with E-state index >= 15 is 0 Å². The Kier molecular flexibility index (Phi) is 12.2. The van der Waals surface area contributed by atoms with Crippen molar-refractivity contribution in [1.82, 2.24) is 19.1 Å². The van der Waals surface area contributed by atoms with Crippen LogP contribution in [0.3, 0.4) is 0 Å². The number of aromatic nitrogens is 4. The summed E-state index contributed by atoms with van der Waals surface area (Å²) >= 11 is 6.91. The average Bonchev–Trinajstić information content (AvgIpc) is 3.75. The second kappa shape index (κ2) is 16.9. The number of aryl methyl sites for hydroxylation is 2. The van der Waals surface area contributed by atoms with Crippen molar-refractivity contribution in [2.75, 3.05) is 14.2 Å². The minimum atomic E-state index is 0.851. The van der Waals surface area contributed by atoms with Gasteiger partial charge in [0.1, 0.15) is 23.1 Å². The average molecular weight is 767 g/mol. The molecule has 2 heterocycles. The van der Waals surface area contributed by atoms with Crippen LogP contribution in [0.2, 0.25) is 0 Å². The molecule has 6 rings (SSSR count). The van der Waals surface area contributed by atoms with E-state index in [9.17, 15) is 0 Å². The number of nitrogens with zero attached hydrogens (tertiary/aromatic N) is 4. The molecule has 0 bridgehead atoms. The van der Waals surface area contributed by atoms with Crippen LogP contribution < -0.4 is 9.47 Å². The predicted molar refractivity (Wildman–Crippen MR) is 206 cm³/mol. The van der Waals surface area contributed by atoms with E-state index in [0.29, 0.717) is 0 Å². The third kappa shape index (κ3) is 9.24. The van der Waals surface area contributed by atoms with E-state index in [4.69, 9.17) is 19.4 Å². The fourth-order valence-electron chi connectivity index (χ4n) is 4.92. The molecule has 0 fully saturated rings. The van der Waals surface area contributed by atoms with Gasteiger partial charge < -0.3 is 18.6 Å². The summed E-state index contributed by atoms with van der Waals surface area (Å²) in [6.07, 6.45) is 12.4. The largest absolute Gasteiger partial charge is 0.497 e. The molecule has 244 valence electrons. The van der Waals surface area contributed by atoms with Gasteiger partial charge in [-0.2, -0.15) is 0 Å². The molecule has 6 aromatic rings. The number of methoxy groups -OCH3 is 2. The van der Waals surface area contributed by atoms with E-state index in [1.165, 1.54) is 0 Å². The maximum absolute atomic E-state index is 5.21. The fraction of sp³-hybridized carbons (Fsp3) is 0.150. The number of hydrogen-bond acceptors (Lipinski definition) is 4. The summed E-state index contributed by atoms with van der Waals surface area (Å²) in [4.78, 5) is 9.53. The molecule has 0 aliphatic heterocycles. The van der Waals surface area contributed by atoms with Crippen LogP contribution in [0.4, 0.5) is 0 Å². The van der Waals surface area contributed by atoms with Crippen molar-refractivity contribution >= 4 is 56.2 Å². The van der Waals surface area contributed by atoms with Crippen LogP contribution in [0.15, 0.2) is 118 Å². The highest BCUT2D eigenvalue weighted by Crippen LogP contribution is 2.24. The van der Waals surface area contributed by atoms with Gasteiger partial charge in [0.25, 0.3) is 0 Å². The second-order valence-corrected chi connectivity index (χ2v) is 12.6. The first-order valence-electron chi connectivity index (χ1n) is 15.7. The first-order chi connectivity index (χ1) is 23.4. The molecule has 0 spiro atoms. The van der Waals surface area contributed by atoms with Gasteiger partial charge in [-0.1, -0.05) is 68.3 Å². The van der Waals surface area contributed by atoms with E-state index < -0.39 is 0 Å². The normalized spacial score (nSPS) is 11.1. The van der Waals surface area contributed by atoms with Gasteiger partial charge in [-0.25, -0.2) is 9.97 Å². The number of hydrogen-bond donors (Lipinski definition) is 0. The first-order valence-corrected chi connectivity index (χ1v) is 17.3. The Labute approximate surface area is 299 Å². The van der Waals surface area contributed by atoms with Gasteiger partial charge in [0.2, 0.25) is 0 Å². The lowest BCUT2D eigenvalue weighted by atomic mass is 10.2. The summed E-state index contributed by atoms with van der Waals surface area (Å²) in [5.74, 6) is 3.60. The highest BCUT2D eigenvalue weighted by molar-refractivity contribution is 9.10. The highest BCUT2D eigenvalue weighted by Gasteiger charge is 2.08. The molecule has 0 saturated carbocycles. The van der Waals surface area contributed by atoms with Gasteiger partial charge in [0.05, 0.1) is 25.6 Å². The lowest BCUT2D eigenvalue weighted by Crippen LogP contribution is -1.94. The van der Waals surface area contributed by atoms with Crippen LogP contribution >= 0.6 is 31.9 Å². The molecule has 0 radical (unpaired) electrons. The summed E-state index contributed by atoms with van der Waals surface area (Å²) in [5, 5.41) is 0. The van der Waals surface area contributed by atoms with Gasteiger partial charge in [-0.3, -0.25) is 0 Å². The molecule has 48 heavy (non-hydrogen) atoms. The van der Waals surface area contributed by atoms with Gasteiger partial charge in [0, 0.05) is 45.6 Å². The van der Waals surface area contributed by atoms with Crippen LogP contribution in [0.1, 0.15) is 36.6 Å². The maximum atomic E-state index is 5.21. The van der Waals surface area contributed by atoms with Crippen molar-refractivity contribution in [3.8, 4) is 34.0 Å². The lowest BCUT2D eigenvalue weighted by Gasteiger charge is -2.00. The van der Waals surface area contributed by atoms with E-state index in [1.807, 2.05) is 72.8 Å². The van der Waals surface area contributed by atoms with Gasteiger partial charge in [0.15, 0.2) is 0 Å². The highest BCUT2D eigenvalue weighted by atomic mass is 79.9. The SMILES string of the molecule is CCn1cc(-c2ccc(OC)cc2)nc1C=Cc1ccc(Br)cc1.CCn1cc(-c2ccc(OC)cc2)nc1C=Cc1ccc(Br)cc1. The predicted octanol–water partition coefficient (Wildman–Crippen LogP) is 11.0. The van der Waals surface area contributed by atoms with Crippen LogP contribution in [-0.2, 0) is 13.1 Å². The van der Waals surface area contributed by atoms with E-state index in [0.717, 1.165) is 78.8 Å². The molecule has 0 aliphatic rings. The number of imidazole rings is 2. The first kappa shape index (κ1) is 34.7. The lowest BCUT2D eigenvalue weighted by molar-refractivity contribution is 0.415. The number of ether oxygens (including phenoxy) is 2. The summed E-state index contributed by atoms with van der Waals surface area (Å²) in [6, 6.07) is 32.4. The molecule has 0 aliphatic carbocycles. The Morgan fingerprint density at radius 2 is 0.875 bits per heavy atom. The summed E-state index contributed by atoms with van der Waals surface area (Å²) < 4.78 is 16.9. The summed E-state index contributed by atoms with van der Waals surface area (Å²) in [7, 11) is 3.34. The molecule has 0 unspecified atom stereocenters. The van der Waals surface area contributed by atoms with Crippen molar-refractivity contribution in [3.05, 3.63) is 141 Å². The van der Waals surface area contributed by atoms with Gasteiger partial charge >= 0.3 is 0 Å². The Morgan fingerprint density at radius 3 is 1.19 bits per heavy atom. The molecule has 0 saturated heterocycles. The molecule has 6 nitrogen and oxygen atoms in total.